The third-order valence-electron chi connectivity index (χ3n) is 3.67. The highest BCUT2D eigenvalue weighted by molar-refractivity contribution is 5.99. The summed E-state index contributed by atoms with van der Waals surface area (Å²) in [7, 11) is 0. The summed E-state index contributed by atoms with van der Waals surface area (Å²) < 4.78 is 15.2. The molecular weight excluding hydrogens is 267 g/mol. The van der Waals surface area contributed by atoms with Crippen LogP contribution in [0.2, 0.25) is 0 Å². The summed E-state index contributed by atoms with van der Waals surface area (Å²) in [6, 6.07) is 8.28. The number of hydrogen-bond donors (Lipinski definition) is 2. The standard InChI is InChI=1S/C16H15FN4/c1-9-5-13-15(6-10(9)2)21(8-20-13)14-4-3-11(17)7-12(14)16(18)19/h3-8H,1-2H3,(H3,18,19). The third kappa shape index (κ3) is 2.16. The second-order valence-electron chi connectivity index (χ2n) is 5.11. The number of aromatic nitrogens is 2. The van der Waals surface area contributed by atoms with Crippen molar-refractivity contribution >= 4 is 16.9 Å². The van der Waals surface area contributed by atoms with Gasteiger partial charge in [-0.1, -0.05) is 0 Å². The molecule has 0 bridgehead atoms. The molecule has 3 rings (SSSR count). The third-order valence-corrected chi connectivity index (χ3v) is 3.67. The van der Waals surface area contributed by atoms with Crippen LogP contribution in [0, 0.1) is 25.1 Å². The number of hydrogen-bond acceptors (Lipinski definition) is 2. The molecule has 0 saturated heterocycles. The van der Waals surface area contributed by atoms with Crippen molar-refractivity contribution in [1.82, 2.24) is 9.55 Å². The lowest BCUT2D eigenvalue weighted by atomic mass is 10.1. The van der Waals surface area contributed by atoms with Crippen LogP contribution < -0.4 is 5.73 Å². The van der Waals surface area contributed by atoms with Gasteiger partial charge < -0.3 is 5.73 Å². The zero-order chi connectivity index (χ0) is 15.1. The first kappa shape index (κ1) is 13.3. The average molecular weight is 282 g/mol. The molecule has 0 aliphatic rings. The minimum absolute atomic E-state index is 0.171. The van der Waals surface area contributed by atoms with E-state index in [2.05, 4.69) is 4.98 Å². The fraction of sp³-hybridized carbons (Fsp3) is 0.125. The van der Waals surface area contributed by atoms with E-state index in [1.54, 1.807) is 12.4 Å². The van der Waals surface area contributed by atoms with Gasteiger partial charge in [-0.15, -0.1) is 0 Å². The molecule has 106 valence electrons. The number of nitrogens with zero attached hydrogens (tertiary/aromatic N) is 2. The van der Waals surface area contributed by atoms with Gasteiger partial charge in [0.25, 0.3) is 0 Å². The molecule has 1 aromatic heterocycles. The quantitative estimate of drug-likeness (QED) is 0.560. The monoisotopic (exact) mass is 282 g/mol. The van der Waals surface area contributed by atoms with Gasteiger partial charge >= 0.3 is 0 Å². The Labute approximate surface area is 121 Å². The lowest BCUT2D eigenvalue weighted by molar-refractivity contribution is 0.627. The van der Waals surface area contributed by atoms with Crippen molar-refractivity contribution in [2.75, 3.05) is 0 Å². The normalized spacial score (nSPS) is 11.0. The number of nitrogen functional groups attached to an aromatic ring is 1. The van der Waals surface area contributed by atoms with E-state index < -0.39 is 5.82 Å². The predicted octanol–water partition coefficient (Wildman–Crippen LogP) is 3.07. The van der Waals surface area contributed by atoms with Gasteiger partial charge in [-0.3, -0.25) is 9.98 Å². The summed E-state index contributed by atoms with van der Waals surface area (Å²) in [5.41, 5.74) is 10.7. The Morgan fingerprint density at radius 3 is 2.62 bits per heavy atom. The topological polar surface area (TPSA) is 67.7 Å². The first-order chi connectivity index (χ1) is 9.97. The van der Waals surface area contributed by atoms with E-state index in [9.17, 15) is 4.39 Å². The van der Waals surface area contributed by atoms with Crippen molar-refractivity contribution in [3.63, 3.8) is 0 Å². The van der Waals surface area contributed by atoms with Gasteiger partial charge in [-0.05, 0) is 55.3 Å². The Morgan fingerprint density at radius 1 is 1.19 bits per heavy atom. The van der Waals surface area contributed by atoms with E-state index in [1.807, 2.05) is 30.5 Å². The Morgan fingerprint density at radius 2 is 1.90 bits per heavy atom. The van der Waals surface area contributed by atoms with Gasteiger partial charge in [0.15, 0.2) is 0 Å². The fourth-order valence-corrected chi connectivity index (χ4v) is 2.39. The molecule has 0 saturated carbocycles. The minimum Gasteiger partial charge on any atom is -0.384 e. The van der Waals surface area contributed by atoms with Crippen molar-refractivity contribution in [1.29, 1.82) is 5.41 Å². The molecule has 0 radical (unpaired) electrons. The van der Waals surface area contributed by atoms with Gasteiger partial charge in [-0.2, -0.15) is 0 Å². The summed E-state index contributed by atoms with van der Waals surface area (Å²) >= 11 is 0. The number of imidazole rings is 1. The second kappa shape index (κ2) is 4.70. The van der Waals surface area contributed by atoms with E-state index >= 15 is 0 Å². The molecular formula is C16H15FN4. The maximum atomic E-state index is 13.4. The number of rotatable bonds is 2. The lowest BCUT2D eigenvalue weighted by Crippen LogP contribution is -2.15. The number of fused-ring (bicyclic) bond motifs is 1. The van der Waals surface area contributed by atoms with Crippen LogP contribution >= 0.6 is 0 Å². The van der Waals surface area contributed by atoms with Crippen LogP contribution in [-0.4, -0.2) is 15.4 Å². The molecule has 5 heteroatoms. The molecule has 0 unspecified atom stereocenters. The Kier molecular flexibility index (Phi) is 2.97. The first-order valence-electron chi connectivity index (χ1n) is 6.56. The highest BCUT2D eigenvalue weighted by Crippen LogP contribution is 2.24. The molecule has 0 amide bonds. The van der Waals surface area contributed by atoms with Crippen LogP contribution in [-0.2, 0) is 0 Å². The van der Waals surface area contributed by atoms with Crippen molar-refractivity contribution < 1.29 is 4.39 Å². The average Bonchev–Trinajstić information content (AvgIpc) is 2.82. The molecule has 3 N–H and O–H groups in total. The van der Waals surface area contributed by atoms with Crippen LogP contribution in [0.4, 0.5) is 4.39 Å². The van der Waals surface area contributed by atoms with Crippen molar-refractivity contribution in [3.05, 3.63) is 59.2 Å². The molecule has 3 aromatic rings. The maximum Gasteiger partial charge on any atom is 0.125 e. The number of aryl methyl sites for hydroxylation is 2. The number of amidine groups is 1. The van der Waals surface area contributed by atoms with E-state index in [1.165, 1.54) is 17.7 Å². The number of halogens is 1. The SMILES string of the molecule is Cc1cc2ncn(-c3ccc(F)cc3C(=N)N)c2cc1C. The molecule has 2 aromatic carbocycles. The van der Waals surface area contributed by atoms with E-state index in [4.69, 9.17) is 11.1 Å². The van der Waals surface area contributed by atoms with Crippen LogP contribution in [0.3, 0.4) is 0 Å². The smallest absolute Gasteiger partial charge is 0.125 e. The molecule has 0 aliphatic heterocycles. The van der Waals surface area contributed by atoms with E-state index in [0.29, 0.717) is 11.3 Å². The van der Waals surface area contributed by atoms with Crippen LogP contribution in [0.1, 0.15) is 16.7 Å². The van der Waals surface area contributed by atoms with Gasteiger partial charge in [0.2, 0.25) is 0 Å². The number of nitrogens with one attached hydrogen (secondary N) is 1. The molecule has 21 heavy (non-hydrogen) atoms. The highest BCUT2D eigenvalue weighted by Gasteiger charge is 2.12. The van der Waals surface area contributed by atoms with Crippen molar-refractivity contribution in [2.45, 2.75) is 13.8 Å². The highest BCUT2D eigenvalue weighted by atomic mass is 19.1. The van der Waals surface area contributed by atoms with Gasteiger partial charge in [-0.25, -0.2) is 9.37 Å². The molecule has 0 spiro atoms. The van der Waals surface area contributed by atoms with Gasteiger partial charge in [0.05, 0.1) is 16.7 Å². The first-order valence-corrected chi connectivity index (χ1v) is 6.56. The summed E-state index contributed by atoms with van der Waals surface area (Å²) in [4.78, 5) is 4.38. The van der Waals surface area contributed by atoms with E-state index in [0.717, 1.165) is 16.6 Å². The minimum atomic E-state index is -0.416. The van der Waals surface area contributed by atoms with Crippen molar-refractivity contribution in [3.8, 4) is 5.69 Å². The second-order valence-corrected chi connectivity index (χ2v) is 5.11. The Balaban J connectivity index is 2.31. The lowest BCUT2D eigenvalue weighted by Gasteiger charge is -2.11. The van der Waals surface area contributed by atoms with E-state index in [-0.39, 0.29) is 5.84 Å². The maximum absolute atomic E-state index is 13.4. The zero-order valence-electron chi connectivity index (χ0n) is 11.8. The van der Waals surface area contributed by atoms with Gasteiger partial charge in [0, 0.05) is 5.56 Å². The zero-order valence-corrected chi connectivity index (χ0v) is 11.8. The summed E-state index contributed by atoms with van der Waals surface area (Å²) in [6.45, 7) is 4.06. The largest absolute Gasteiger partial charge is 0.384 e. The number of nitrogens with two attached hydrogens (primary N) is 1. The number of benzene rings is 2. The molecule has 1 heterocycles. The van der Waals surface area contributed by atoms with Gasteiger partial charge in [0.1, 0.15) is 18.0 Å². The summed E-state index contributed by atoms with van der Waals surface area (Å²) in [6.07, 6.45) is 1.67. The molecule has 0 fully saturated rings. The van der Waals surface area contributed by atoms with Crippen molar-refractivity contribution in [2.24, 2.45) is 5.73 Å². The summed E-state index contributed by atoms with van der Waals surface area (Å²) in [5.74, 6) is -0.587. The molecule has 0 atom stereocenters. The van der Waals surface area contributed by atoms with Crippen LogP contribution in [0.15, 0.2) is 36.7 Å². The Bertz CT molecular complexity index is 864. The summed E-state index contributed by atoms with van der Waals surface area (Å²) in [5, 5.41) is 7.64. The molecule has 4 nitrogen and oxygen atoms in total. The van der Waals surface area contributed by atoms with Crippen LogP contribution in [0.25, 0.3) is 16.7 Å². The predicted molar refractivity (Wildman–Crippen MR) is 81.5 cm³/mol. The fourth-order valence-electron chi connectivity index (χ4n) is 2.39. The van der Waals surface area contributed by atoms with Crippen LogP contribution in [0.5, 0.6) is 0 Å². The Hall–Kier alpha value is -2.69. The molecule has 0 aliphatic carbocycles.